The van der Waals surface area contributed by atoms with Crippen LogP contribution in [0.1, 0.15) is 32.6 Å². The van der Waals surface area contributed by atoms with Crippen molar-refractivity contribution in [2.45, 2.75) is 43.0 Å². The van der Waals surface area contributed by atoms with Crippen molar-refractivity contribution in [3.63, 3.8) is 0 Å². The molecule has 1 fully saturated rings. The van der Waals surface area contributed by atoms with E-state index in [2.05, 4.69) is 22.8 Å². The fraction of sp³-hybridized carbons (Fsp3) is 0.500. The third-order valence-electron chi connectivity index (χ3n) is 4.09. The summed E-state index contributed by atoms with van der Waals surface area (Å²) in [6.07, 6.45) is 3.43. The first-order chi connectivity index (χ1) is 11.6. The maximum absolute atomic E-state index is 12.2. The lowest BCUT2D eigenvalue weighted by atomic mass is 10.00. The topological polar surface area (TPSA) is 88.7 Å². The molecule has 5 nitrogen and oxygen atoms in total. The van der Waals surface area contributed by atoms with Crippen molar-refractivity contribution in [3.8, 4) is 12.1 Å². The van der Waals surface area contributed by atoms with Gasteiger partial charge in [-0.05, 0) is 44.7 Å². The largest absolute Gasteiger partial charge is 0.375 e. The zero-order valence-corrected chi connectivity index (χ0v) is 14.7. The van der Waals surface area contributed by atoms with Crippen LogP contribution in [0.2, 0.25) is 0 Å². The van der Waals surface area contributed by atoms with Crippen LogP contribution in [-0.2, 0) is 4.79 Å². The summed E-state index contributed by atoms with van der Waals surface area (Å²) in [6.45, 7) is 2.02. The van der Waals surface area contributed by atoms with Crippen LogP contribution in [-0.4, -0.2) is 23.7 Å². The summed E-state index contributed by atoms with van der Waals surface area (Å²) < 4.78 is 0. The molecule has 1 aliphatic rings. The molecule has 0 aliphatic heterocycles. The molecule has 0 saturated heterocycles. The maximum Gasteiger partial charge on any atom is 0.240 e. The van der Waals surface area contributed by atoms with Crippen LogP contribution in [0.5, 0.6) is 0 Å². The first-order valence-corrected chi connectivity index (χ1v) is 9.15. The number of amides is 1. The Labute approximate surface area is 147 Å². The molecule has 1 saturated carbocycles. The van der Waals surface area contributed by atoms with Gasteiger partial charge in [-0.15, -0.1) is 11.8 Å². The smallest absolute Gasteiger partial charge is 0.240 e. The molecule has 1 atom stereocenters. The van der Waals surface area contributed by atoms with E-state index in [0.717, 1.165) is 36.3 Å². The van der Waals surface area contributed by atoms with E-state index in [9.17, 15) is 10.1 Å². The molecule has 1 amide bonds. The Morgan fingerprint density at radius 3 is 2.71 bits per heavy atom. The molecule has 126 valence electrons. The van der Waals surface area contributed by atoms with Crippen molar-refractivity contribution < 1.29 is 4.79 Å². The van der Waals surface area contributed by atoms with Gasteiger partial charge in [-0.25, -0.2) is 0 Å². The van der Waals surface area contributed by atoms with Crippen molar-refractivity contribution in [3.05, 3.63) is 24.3 Å². The predicted octanol–water partition coefficient (Wildman–Crippen LogP) is 3.30. The second-order valence-electron chi connectivity index (χ2n) is 6.14. The van der Waals surface area contributed by atoms with Gasteiger partial charge < -0.3 is 10.6 Å². The van der Waals surface area contributed by atoms with E-state index in [1.807, 2.05) is 31.2 Å². The lowest BCUT2D eigenvalue weighted by molar-refractivity contribution is -0.120. The van der Waals surface area contributed by atoms with Gasteiger partial charge in [0.1, 0.15) is 5.54 Å². The molecular weight excluding hydrogens is 320 g/mol. The zero-order valence-electron chi connectivity index (χ0n) is 13.8. The fourth-order valence-electron chi connectivity index (χ4n) is 2.72. The number of hydrogen-bond donors (Lipinski definition) is 2. The Hall–Kier alpha value is -2.18. The normalized spacial score (nSPS) is 16.6. The van der Waals surface area contributed by atoms with Crippen molar-refractivity contribution in [2.24, 2.45) is 5.92 Å². The van der Waals surface area contributed by atoms with Crippen molar-refractivity contribution in [1.82, 2.24) is 5.32 Å². The molecule has 24 heavy (non-hydrogen) atoms. The van der Waals surface area contributed by atoms with Crippen molar-refractivity contribution in [2.75, 3.05) is 17.6 Å². The summed E-state index contributed by atoms with van der Waals surface area (Å²) in [5.74, 6) is 0.520. The van der Waals surface area contributed by atoms with Crippen LogP contribution < -0.4 is 10.6 Å². The van der Waals surface area contributed by atoms with E-state index < -0.39 is 5.54 Å². The summed E-state index contributed by atoms with van der Waals surface area (Å²) in [4.78, 5) is 13.2. The minimum atomic E-state index is -0.685. The van der Waals surface area contributed by atoms with Gasteiger partial charge in [0.25, 0.3) is 0 Å². The average molecular weight is 342 g/mol. The van der Waals surface area contributed by atoms with E-state index in [0.29, 0.717) is 5.75 Å². The lowest BCUT2D eigenvalue weighted by Gasteiger charge is -2.22. The Morgan fingerprint density at radius 2 is 2.04 bits per heavy atom. The predicted molar refractivity (Wildman–Crippen MR) is 95.4 cm³/mol. The standard InChI is InChI=1S/C18H22N4OS/c1-14(10-19)12-24-16-7-3-2-6-15(16)21-11-17(23)22-18(13-20)8-4-5-9-18/h2-3,6-7,14,21H,4-5,8-9,11-12H2,1H3,(H,22,23)/t14-/m0/s1. The van der Waals surface area contributed by atoms with Gasteiger partial charge in [-0.3, -0.25) is 4.79 Å². The molecule has 0 aromatic heterocycles. The number of carbonyl (C=O) groups excluding carboxylic acids is 1. The van der Waals surface area contributed by atoms with Gasteiger partial charge in [0.05, 0.1) is 24.6 Å². The molecule has 1 aromatic rings. The van der Waals surface area contributed by atoms with E-state index in [1.165, 1.54) is 0 Å². The highest BCUT2D eigenvalue weighted by molar-refractivity contribution is 7.99. The van der Waals surface area contributed by atoms with E-state index in [-0.39, 0.29) is 18.4 Å². The van der Waals surface area contributed by atoms with Gasteiger partial charge in [-0.2, -0.15) is 10.5 Å². The number of anilines is 1. The molecular formula is C18H22N4OS. The number of hydrogen-bond acceptors (Lipinski definition) is 5. The van der Waals surface area contributed by atoms with E-state index in [1.54, 1.807) is 11.8 Å². The first kappa shape index (κ1) is 18.2. The summed E-state index contributed by atoms with van der Waals surface area (Å²) in [5.41, 5.74) is 0.190. The molecule has 1 aliphatic carbocycles. The summed E-state index contributed by atoms with van der Waals surface area (Å²) >= 11 is 1.60. The number of thioether (sulfide) groups is 1. The minimum absolute atomic E-state index is 0.0239. The third kappa shape index (κ3) is 4.91. The van der Waals surface area contributed by atoms with Gasteiger partial charge in [-0.1, -0.05) is 12.1 Å². The molecule has 0 spiro atoms. The number of rotatable bonds is 7. The van der Waals surface area contributed by atoms with Crippen LogP contribution >= 0.6 is 11.8 Å². The summed E-state index contributed by atoms with van der Waals surface area (Å²) in [5, 5.41) is 24.2. The van der Waals surface area contributed by atoms with Crippen LogP contribution in [0.25, 0.3) is 0 Å². The highest BCUT2D eigenvalue weighted by atomic mass is 32.2. The zero-order chi connectivity index (χ0) is 17.4. The minimum Gasteiger partial charge on any atom is -0.375 e. The number of para-hydroxylation sites is 1. The second-order valence-corrected chi connectivity index (χ2v) is 7.20. The number of carbonyl (C=O) groups is 1. The summed E-state index contributed by atoms with van der Waals surface area (Å²) in [6, 6.07) is 12.2. The highest BCUT2D eigenvalue weighted by Crippen LogP contribution is 2.30. The molecule has 0 bridgehead atoms. The van der Waals surface area contributed by atoms with Crippen LogP contribution in [0.15, 0.2) is 29.2 Å². The van der Waals surface area contributed by atoms with E-state index >= 15 is 0 Å². The van der Waals surface area contributed by atoms with Gasteiger partial charge >= 0.3 is 0 Å². The van der Waals surface area contributed by atoms with Gasteiger partial charge in [0.2, 0.25) is 5.91 Å². The lowest BCUT2D eigenvalue weighted by Crippen LogP contribution is -2.47. The molecule has 1 aromatic carbocycles. The Bertz CT molecular complexity index is 656. The molecule has 0 heterocycles. The van der Waals surface area contributed by atoms with Gasteiger partial charge in [0.15, 0.2) is 0 Å². The van der Waals surface area contributed by atoms with Crippen molar-refractivity contribution >= 4 is 23.4 Å². The van der Waals surface area contributed by atoms with Crippen LogP contribution in [0, 0.1) is 28.6 Å². The highest BCUT2D eigenvalue weighted by Gasteiger charge is 2.35. The number of benzene rings is 1. The number of nitriles is 2. The number of nitrogens with zero attached hydrogens (tertiary/aromatic N) is 2. The summed E-state index contributed by atoms with van der Waals surface area (Å²) in [7, 11) is 0. The second kappa shape index (κ2) is 8.61. The van der Waals surface area contributed by atoms with Gasteiger partial charge in [0, 0.05) is 16.3 Å². The molecule has 6 heteroatoms. The van der Waals surface area contributed by atoms with E-state index in [4.69, 9.17) is 5.26 Å². The Morgan fingerprint density at radius 1 is 1.33 bits per heavy atom. The van der Waals surface area contributed by atoms with Crippen LogP contribution in [0.3, 0.4) is 0 Å². The molecule has 2 N–H and O–H groups in total. The molecule has 2 rings (SSSR count). The van der Waals surface area contributed by atoms with Crippen LogP contribution in [0.4, 0.5) is 5.69 Å². The SMILES string of the molecule is C[C@@H](C#N)CSc1ccccc1NCC(=O)NC1(C#N)CCCC1. The fourth-order valence-corrected chi connectivity index (χ4v) is 3.70. The Balaban J connectivity index is 1.91. The first-order valence-electron chi connectivity index (χ1n) is 8.16. The number of nitrogens with one attached hydrogen (secondary N) is 2. The third-order valence-corrected chi connectivity index (χ3v) is 5.42. The average Bonchev–Trinajstić information content (AvgIpc) is 3.07. The van der Waals surface area contributed by atoms with Crippen molar-refractivity contribution in [1.29, 1.82) is 10.5 Å². The maximum atomic E-state index is 12.2. The molecule has 0 radical (unpaired) electrons. The Kier molecular flexibility index (Phi) is 6.52. The molecule has 0 unspecified atom stereocenters. The monoisotopic (exact) mass is 342 g/mol. The quantitative estimate of drug-likeness (QED) is 0.742.